The van der Waals surface area contributed by atoms with Gasteiger partial charge in [-0.05, 0) is 45.2 Å². The monoisotopic (exact) mass is 299 g/mol. The third-order valence-electron chi connectivity index (χ3n) is 4.44. The zero-order valence-electron chi connectivity index (χ0n) is 13.2. The van der Waals surface area contributed by atoms with Gasteiger partial charge in [-0.1, -0.05) is 33.0 Å². The topological polar surface area (TPSA) is 58.4 Å². The van der Waals surface area contributed by atoms with Gasteiger partial charge in [-0.3, -0.25) is 9.69 Å². The SMILES string of the molecule is CC(C)CCNC(=O)C(C)N1CCC(C)(C(N)=S)CC1. The molecule has 0 bridgehead atoms. The highest BCUT2D eigenvalue weighted by molar-refractivity contribution is 7.80. The van der Waals surface area contributed by atoms with Crippen molar-refractivity contribution >= 4 is 23.1 Å². The lowest BCUT2D eigenvalue weighted by molar-refractivity contribution is -0.126. The van der Waals surface area contributed by atoms with E-state index in [4.69, 9.17) is 18.0 Å². The number of likely N-dealkylation sites (tertiary alicyclic amines) is 1. The predicted octanol–water partition coefficient (Wildman–Crippen LogP) is 1.93. The number of carbonyl (C=O) groups is 1. The van der Waals surface area contributed by atoms with E-state index in [1.165, 1.54) is 0 Å². The van der Waals surface area contributed by atoms with Gasteiger partial charge in [-0.15, -0.1) is 0 Å². The summed E-state index contributed by atoms with van der Waals surface area (Å²) < 4.78 is 0. The van der Waals surface area contributed by atoms with Crippen LogP contribution in [-0.2, 0) is 4.79 Å². The van der Waals surface area contributed by atoms with E-state index in [1.54, 1.807) is 0 Å². The number of nitrogens with zero attached hydrogens (tertiary/aromatic N) is 1. The molecule has 0 aliphatic carbocycles. The van der Waals surface area contributed by atoms with Crippen molar-refractivity contribution in [3.05, 3.63) is 0 Å². The number of piperidine rings is 1. The normalized spacial score (nSPS) is 20.6. The Morgan fingerprint density at radius 2 is 1.90 bits per heavy atom. The summed E-state index contributed by atoms with van der Waals surface area (Å²) in [5.41, 5.74) is 5.77. The Hall–Kier alpha value is -0.680. The van der Waals surface area contributed by atoms with Crippen LogP contribution in [0.3, 0.4) is 0 Å². The molecule has 116 valence electrons. The summed E-state index contributed by atoms with van der Waals surface area (Å²) in [6.07, 6.45) is 2.90. The molecule has 0 aromatic heterocycles. The van der Waals surface area contributed by atoms with Crippen LogP contribution in [0.1, 0.15) is 47.0 Å². The molecule has 1 aliphatic heterocycles. The molecule has 1 fully saturated rings. The smallest absolute Gasteiger partial charge is 0.237 e. The van der Waals surface area contributed by atoms with Gasteiger partial charge in [0.15, 0.2) is 0 Å². The van der Waals surface area contributed by atoms with Crippen molar-refractivity contribution in [1.29, 1.82) is 0 Å². The number of amides is 1. The molecule has 0 aromatic carbocycles. The second-order valence-electron chi connectivity index (χ2n) is 6.61. The van der Waals surface area contributed by atoms with Crippen molar-refractivity contribution in [1.82, 2.24) is 10.2 Å². The number of hydrogen-bond donors (Lipinski definition) is 2. The van der Waals surface area contributed by atoms with Gasteiger partial charge in [0, 0.05) is 12.0 Å². The highest BCUT2D eigenvalue weighted by Gasteiger charge is 2.35. The van der Waals surface area contributed by atoms with E-state index >= 15 is 0 Å². The van der Waals surface area contributed by atoms with Crippen LogP contribution < -0.4 is 11.1 Å². The summed E-state index contributed by atoms with van der Waals surface area (Å²) in [4.78, 5) is 14.9. The number of rotatable bonds is 6. The number of nitrogens with two attached hydrogens (primary N) is 1. The summed E-state index contributed by atoms with van der Waals surface area (Å²) in [7, 11) is 0. The van der Waals surface area contributed by atoms with E-state index in [-0.39, 0.29) is 17.4 Å². The van der Waals surface area contributed by atoms with E-state index in [1.807, 2.05) is 6.92 Å². The average Bonchev–Trinajstić information content (AvgIpc) is 2.38. The fraction of sp³-hybridized carbons (Fsp3) is 0.867. The van der Waals surface area contributed by atoms with Crippen molar-refractivity contribution in [2.45, 2.75) is 53.0 Å². The van der Waals surface area contributed by atoms with Gasteiger partial charge in [-0.25, -0.2) is 0 Å². The van der Waals surface area contributed by atoms with E-state index in [0.717, 1.165) is 38.9 Å². The van der Waals surface area contributed by atoms with Crippen molar-refractivity contribution in [2.24, 2.45) is 17.1 Å². The first-order chi connectivity index (χ1) is 9.26. The van der Waals surface area contributed by atoms with E-state index < -0.39 is 0 Å². The molecule has 20 heavy (non-hydrogen) atoms. The fourth-order valence-corrected chi connectivity index (χ4v) is 2.65. The standard InChI is InChI=1S/C15H29N3OS/c1-11(2)5-8-17-13(19)12(3)18-9-6-15(4,7-10-18)14(16)20/h11-12H,5-10H2,1-4H3,(H2,16,20)(H,17,19). The van der Waals surface area contributed by atoms with Crippen molar-refractivity contribution < 1.29 is 4.79 Å². The van der Waals surface area contributed by atoms with Crippen molar-refractivity contribution in [3.8, 4) is 0 Å². The molecule has 0 aromatic rings. The number of nitrogens with one attached hydrogen (secondary N) is 1. The Kier molecular flexibility index (Phi) is 6.40. The van der Waals surface area contributed by atoms with Crippen LogP contribution in [0, 0.1) is 11.3 Å². The molecule has 0 saturated carbocycles. The van der Waals surface area contributed by atoms with E-state index in [0.29, 0.717) is 10.9 Å². The summed E-state index contributed by atoms with van der Waals surface area (Å²) in [5.74, 6) is 0.747. The molecule has 1 amide bonds. The second-order valence-corrected chi connectivity index (χ2v) is 7.05. The van der Waals surface area contributed by atoms with Gasteiger partial charge in [0.1, 0.15) is 0 Å². The van der Waals surface area contributed by atoms with Gasteiger partial charge < -0.3 is 11.1 Å². The molecule has 1 heterocycles. The molecule has 0 radical (unpaired) electrons. The second kappa shape index (κ2) is 7.36. The molecule has 1 unspecified atom stereocenters. The Balaban J connectivity index is 2.40. The molecule has 1 atom stereocenters. The molecular weight excluding hydrogens is 270 g/mol. The van der Waals surface area contributed by atoms with Gasteiger partial charge in [0.05, 0.1) is 11.0 Å². The molecule has 1 aliphatic rings. The Morgan fingerprint density at radius 1 is 1.35 bits per heavy atom. The maximum atomic E-state index is 12.1. The lowest BCUT2D eigenvalue weighted by atomic mass is 9.80. The van der Waals surface area contributed by atoms with Crippen LogP contribution in [0.4, 0.5) is 0 Å². The van der Waals surface area contributed by atoms with Gasteiger partial charge in [0.25, 0.3) is 0 Å². The van der Waals surface area contributed by atoms with Crippen LogP contribution >= 0.6 is 12.2 Å². The minimum absolute atomic E-state index is 0.0420. The first-order valence-electron chi connectivity index (χ1n) is 7.58. The number of carbonyl (C=O) groups excluding carboxylic acids is 1. The van der Waals surface area contributed by atoms with Gasteiger partial charge >= 0.3 is 0 Å². The molecule has 0 spiro atoms. The highest BCUT2D eigenvalue weighted by Crippen LogP contribution is 2.31. The quantitative estimate of drug-likeness (QED) is 0.736. The van der Waals surface area contributed by atoms with Crippen LogP contribution in [0.5, 0.6) is 0 Å². The zero-order chi connectivity index (χ0) is 15.3. The van der Waals surface area contributed by atoms with E-state index in [9.17, 15) is 4.79 Å². The van der Waals surface area contributed by atoms with Gasteiger partial charge in [-0.2, -0.15) is 0 Å². The van der Waals surface area contributed by atoms with Crippen LogP contribution in [0.2, 0.25) is 0 Å². The summed E-state index contributed by atoms with van der Waals surface area (Å²) in [6, 6.07) is -0.0712. The van der Waals surface area contributed by atoms with E-state index in [2.05, 4.69) is 31.0 Å². The Morgan fingerprint density at radius 3 is 2.35 bits per heavy atom. The Bertz CT molecular complexity index is 349. The lowest BCUT2D eigenvalue weighted by Gasteiger charge is -2.40. The van der Waals surface area contributed by atoms with Crippen molar-refractivity contribution in [2.75, 3.05) is 19.6 Å². The first kappa shape index (κ1) is 17.4. The molecular formula is C15H29N3OS. The Labute approximate surface area is 128 Å². The largest absolute Gasteiger partial charge is 0.393 e. The summed E-state index contributed by atoms with van der Waals surface area (Å²) in [6.45, 7) is 11.0. The third kappa shape index (κ3) is 4.70. The molecule has 1 rings (SSSR count). The molecule has 4 nitrogen and oxygen atoms in total. The summed E-state index contributed by atoms with van der Waals surface area (Å²) >= 11 is 5.15. The molecule has 1 saturated heterocycles. The van der Waals surface area contributed by atoms with Crippen LogP contribution in [0.15, 0.2) is 0 Å². The highest BCUT2D eigenvalue weighted by atomic mass is 32.1. The lowest BCUT2D eigenvalue weighted by Crippen LogP contribution is -2.52. The predicted molar refractivity (Wildman–Crippen MR) is 87.6 cm³/mol. The minimum Gasteiger partial charge on any atom is -0.393 e. The van der Waals surface area contributed by atoms with Crippen LogP contribution in [0.25, 0.3) is 0 Å². The molecule has 3 N–H and O–H groups in total. The molecule has 5 heteroatoms. The first-order valence-corrected chi connectivity index (χ1v) is 7.99. The maximum absolute atomic E-state index is 12.1. The van der Waals surface area contributed by atoms with Crippen LogP contribution in [-0.4, -0.2) is 41.5 Å². The third-order valence-corrected chi connectivity index (χ3v) is 4.94. The maximum Gasteiger partial charge on any atom is 0.237 e. The number of hydrogen-bond acceptors (Lipinski definition) is 3. The average molecular weight is 299 g/mol. The summed E-state index contributed by atoms with van der Waals surface area (Å²) in [5, 5.41) is 3.02. The fourth-order valence-electron chi connectivity index (χ4n) is 2.45. The minimum atomic E-state index is -0.0712. The zero-order valence-corrected chi connectivity index (χ0v) is 14.1. The van der Waals surface area contributed by atoms with Gasteiger partial charge in [0.2, 0.25) is 5.91 Å². The van der Waals surface area contributed by atoms with Crippen molar-refractivity contribution in [3.63, 3.8) is 0 Å². The number of thiocarbonyl (C=S) groups is 1.